The average Bonchev–Trinajstić information content (AvgIpc) is 3.13. The van der Waals surface area contributed by atoms with Crippen LogP contribution in [-0.2, 0) is 0 Å². The first kappa shape index (κ1) is 17.4. The maximum Gasteiger partial charge on any atom is 0.173 e. The van der Waals surface area contributed by atoms with Crippen LogP contribution in [0, 0.1) is 13.8 Å². The molecule has 4 rings (SSSR count). The third kappa shape index (κ3) is 3.48. The van der Waals surface area contributed by atoms with Crippen LogP contribution in [0.1, 0.15) is 21.5 Å². The van der Waals surface area contributed by atoms with Crippen LogP contribution in [0.5, 0.6) is 0 Å². The molecule has 0 unspecified atom stereocenters. The van der Waals surface area contributed by atoms with Gasteiger partial charge in [-0.1, -0.05) is 47.7 Å². The number of hydrogen-bond acceptors (Lipinski definition) is 5. The fourth-order valence-electron chi connectivity index (χ4n) is 2.94. The number of para-hydroxylation sites is 1. The van der Waals surface area contributed by atoms with Gasteiger partial charge < -0.3 is 0 Å². The van der Waals surface area contributed by atoms with Gasteiger partial charge in [0, 0.05) is 5.56 Å². The monoisotopic (exact) mass is 374 g/mol. The quantitative estimate of drug-likeness (QED) is 0.294. The molecule has 6 heteroatoms. The summed E-state index contributed by atoms with van der Waals surface area (Å²) in [5.41, 5.74) is 4.53. The first-order valence-corrected chi connectivity index (χ1v) is 9.59. The molecule has 0 bridgehead atoms. The van der Waals surface area contributed by atoms with E-state index in [1.807, 2.05) is 62.4 Å². The second kappa shape index (κ2) is 7.32. The molecule has 0 aliphatic carbocycles. The number of rotatable bonds is 5. The highest BCUT2D eigenvalue weighted by Crippen LogP contribution is 2.26. The Labute approximate surface area is 161 Å². The number of carbonyl (C=O) groups is 1. The molecule has 0 amide bonds. The molecule has 0 atom stereocenters. The third-order valence-corrected chi connectivity index (χ3v) is 5.37. The number of Topliss-reactive ketones (excluding diaryl/α,β-unsaturated/α-hetero) is 1. The Hall–Kier alpha value is -2.99. The van der Waals surface area contributed by atoms with Gasteiger partial charge in [0.2, 0.25) is 0 Å². The Balaban J connectivity index is 1.61. The van der Waals surface area contributed by atoms with Crippen LogP contribution in [0.4, 0.5) is 0 Å². The van der Waals surface area contributed by atoms with Crippen molar-refractivity contribution >= 4 is 28.6 Å². The minimum Gasteiger partial charge on any atom is -0.293 e. The lowest BCUT2D eigenvalue weighted by Gasteiger charge is -2.07. The Morgan fingerprint density at radius 3 is 2.70 bits per heavy atom. The number of fused-ring (bicyclic) bond motifs is 1. The molecule has 2 aromatic carbocycles. The minimum absolute atomic E-state index is 0.100. The van der Waals surface area contributed by atoms with Crippen LogP contribution in [0.3, 0.4) is 0 Å². The van der Waals surface area contributed by atoms with Gasteiger partial charge in [-0.2, -0.15) is 5.10 Å². The molecular weight excluding hydrogens is 356 g/mol. The van der Waals surface area contributed by atoms with Crippen molar-refractivity contribution in [3.05, 3.63) is 77.7 Å². The van der Waals surface area contributed by atoms with Gasteiger partial charge in [-0.15, -0.1) is 0 Å². The minimum atomic E-state index is 0.100. The van der Waals surface area contributed by atoms with Crippen molar-refractivity contribution in [2.75, 3.05) is 5.75 Å². The Bertz CT molecular complexity index is 1120. The van der Waals surface area contributed by atoms with Gasteiger partial charge in [0.1, 0.15) is 11.4 Å². The molecule has 0 saturated heterocycles. The Kier molecular flexibility index (Phi) is 4.73. The molecule has 134 valence electrons. The van der Waals surface area contributed by atoms with E-state index in [2.05, 4.69) is 15.1 Å². The Morgan fingerprint density at radius 2 is 1.89 bits per heavy atom. The number of carbonyl (C=O) groups excluding carboxylic acids is 1. The van der Waals surface area contributed by atoms with Gasteiger partial charge in [-0.25, -0.2) is 14.6 Å². The Morgan fingerprint density at radius 1 is 1.07 bits per heavy atom. The molecule has 27 heavy (non-hydrogen) atoms. The predicted molar refractivity (Wildman–Crippen MR) is 108 cm³/mol. The molecule has 0 aliphatic rings. The highest BCUT2D eigenvalue weighted by atomic mass is 32.2. The largest absolute Gasteiger partial charge is 0.293 e. The van der Waals surface area contributed by atoms with Gasteiger partial charge in [-0.05, 0) is 37.6 Å². The number of aromatic nitrogens is 4. The molecule has 5 nitrogen and oxygen atoms in total. The SMILES string of the molecule is Cc1ccc(C)c(C(=O)CSc2ncnc3c2cnn3-c2ccccc2)c1. The van der Waals surface area contributed by atoms with Crippen LogP contribution in [0.15, 0.2) is 66.1 Å². The molecule has 4 aromatic rings. The van der Waals surface area contributed by atoms with E-state index in [0.717, 1.165) is 38.4 Å². The molecule has 2 aromatic heterocycles. The second-order valence-electron chi connectivity index (χ2n) is 6.34. The highest BCUT2D eigenvalue weighted by molar-refractivity contribution is 8.00. The lowest BCUT2D eigenvalue weighted by atomic mass is 10.0. The van der Waals surface area contributed by atoms with E-state index in [0.29, 0.717) is 5.75 Å². The zero-order chi connectivity index (χ0) is 18.8. The van der Waals surface area contributed by atoms with Crippen molar-refractivity contribution in [3.8, 4) is 5.69 Å². The summed E-state index contributed by atoms with van der Waals surface area (Å²) < 4.78 is 1.79. The number of thioether (sulfide) groups is 1. The van der Waals surface area contributed by atoms with E-state index in [1.54, 1.807) is 10.9 Å². The molecular formula is C21H18N4OS. The van der Waals surface area contributed by atoms with Gasteiger partial charge in [0.25, 0.3) is 0 Å². The van der Waals surface area contributed by atoms with Gasteiger partial charge in [0.15, 0.2) is 11.4 Å². The fourth-order valence-corrected chi connectivity index (χ4v) is 3.79. The van der Waals surface area contributed by atoms with Crippen molar-refractivity contribution in [3.63, 3.8) is 0 Å². The normalized spacial score (nSPS) is 11.0. The summed E-state index contributed by atoms with van der Waals surface area (Å²) in [6.07, 6.45) is 3.28. The van der Waals surface area contributed by atoms with Crippen molar-refractivity contribution in [2.24, 2.45) is 0 Å². The number of ketones is 1. The van der Waals surface area contributed by atoms with Gasteiger partial charge in [0.05, 0.1) is 23.0 Å². The van der Waals surface area contributed by atoms with E-state index >= 15 is 0 Å². The number of aryl methyl sites for hydroxylation is 2. The number of benzene rings is 2. The maximum absolute atomic E-state index is 12.7. The van der Waals surface area contributed by atoms with Gasteiger partial charge >= 0.3 is 0 Å². The number of nitrogens with zero attached hydrogens (tertiary/aromatic N) is 4. The van der Waals surface area contributed by atoms with E-state index in [1.165, 1.54) is 18.1 Å². The summed E-state index contributed by atoms with van der Waals surface area (Å²) in [6, 6.07) is 15.8. The van der Waals surface area contributed by atoms with Crippen molar-refractivity contribution in [2.45, 2.75) is 18.9 Å². The van der Waals surface area contributed by atoms with Crippen LogP contribution < -0.4 is 0 Å². The smallest absolute Gasteiger partial charge is 0.173 e. The topological polar surface area (TPSA) is 60.7 Å². The van der Waals surface area contributed by atoms with E-state index in [9.17, 15) is 4.79 Å². The van der Waals surface area contributed by atoms with E-state index in [4.69, 9.17) is 0 Å². The second-order valence-corrected chi connectivity index (χ2v) is 7.30. The summed E-state index contributed by atoms with van der Waals surface area (Å²) in [5.74, 6) is 0.427. The third-order valence-electron chi connectivity index (χ3n) is 4.36. The van der Waals surface area contributed by atoms with Crippen molar-refractivity contribution in [1.29, 1.82) is 0 Å². The van der Waals surface area contributed by atoms with Crippen molar-refractivity contribution < 1.29 is 4.79 Å². The molecule has 0 radical (unpaired) electrons. The number of hydrogen-bond donors (Lipinski definition) is 0. The van der Waals surface area contributed by atoms with Crippen LogP contribution in [0.25, 0.3) is 16.7 Å². The van der Waals surface area contributed by atoms with Crippen LogP contribution >= 0.6 is 11.8 Å². The lowest BCUT2D eigenvalue weighted by Crippen LogP contribution is -2.05. The zero-order valence-electron chi connectivity index (χ0n) is 15.1. The summed E-state index contributed by atoms with van der Waals surface area (Å²) in [7, 11) is 0. The summed E-state index contributed by atoms with van der Waals surface area (Å²) in [6.45, 7) is 3.96. The first-order valence-electron chi connectivity index (χ1n) is 8.61. The summed E-state index contributed by atoms with van der Waals surface area (Å²) in [5, 5.41) is 6.07. The first-order chi connectivity index (χ1) is 13.1. The standard InChI is InChI=1S/C21H18N4OS/c1-14-8-9-15(2)17(10-14)19(26)12-27-21-18-11-24-25(20(18)22-13-23-21)16-6-4-3-5-7-16/h3-11,13H,12H2,1-2H3. The molecule has 0 aliphatic heterocycles. The van der Waals surface area contributed by atoms with E-state index in [-0.39, 0.29) is 5.78 Å². The molecule has 0 N–H and O–H groups in total. The van der Waals surface area contributed by atoms with E-state index < -0.39 is 0 Å². The highest BCUT2D eigenvalue weighted by Gasteiger charge is 2.15. The molecule has 0 spiro atoms. The summed E-state index contributed by atoms with van der Waals surface area (Å²) in [4.78, 5) is 21.4. The predicted octanol–water partition coefficient (Wildman–Crippen LogP) is 4.41. The summed E-state index contributed by atoms with van der Waals surface area (Å²) >= 11 is 1.42. The lowest BCUT2D eigenvalue weighted by molar-refractivity contribution is 0.102. The van der Waals surface area contributed by atoms with Gasteiger partial charge in [-0.3, -0.25) is 4.79 Å². The molecule has 0 fully saturated rings. The van der Waals surface area contributed by atoms with Crippen LogP contribution in [0.2, 0.25) is 0 Å². The zero-order valence-corrected chi connectivity index (χ0v) is 15.9. The van der Waals surface area contributed by atoms with Crippen molar-refractivity contribution in [1.82, 2.24) is 19.7 Å². The average molecular weight is 374 g/mol. The maximum atomic E-state index is 12.7. The van der Waals surface area contributed by atoms with Crippen LogP contribution in [-0.4, -0.2) is 31.3 Å². The fraction of sp³-hybridized carbons (Fsp3) is 0.143. The molecule has 2 heterocycles. The molecule has 0 saturated carbocycles.